The largest absolute Gasteiger partial charge is 0.454 e. The Hall–Kier alpha value is -1.92. The van der Waals surface area contributed by atoms with E-state index in [0.29, 0.717) is 18.8 Å². The highest BCUT2D eigenvalue weighted by Crippen LogP contribution is 2.37. The third-order valence-electron chi connectivity index (χ3n) is 6.04. The van der Waals surface area contributed by atoms with Gasteiger partial charge in [0.05, 0.1) is 11.8 Å². The van der Waals surface area contributed by atoms with Gasteiger partial charge in [0.15, 0.2) is 6.61 Å². The smallest absolute Gasteiger partial charge is 0.326 e. The van der Waals surface area contributed by atoms with Gasteiger partial charge in [0, 0.05) is 6.04 Å². The van der Waals surface area contributed by atoms with Crippen molar-refractivity contribution in [2.75, 3.05) is 13.2 Å². The zero-order valence-electron chi connectivity index (χ0n) is 15.4. The number of esters is 1. The van der Waals surface area contributed by atoms with Crippen LogP contribution < -0.4 is 5.32 Å². The van der Waals surface area contributed by atoms with E-state index in [1.807, 2.05) is 0 Å². The van der Waals surface area contributed by atoms with Crippen LogP contribution >= 0.6 is 0 Å². The molecule has 1 N–H and O–H groups in total. The molecule has 0 aromatic rings. The third-order valence-corrected chi connectivity index (χ3v) is 6.04. The lowest BCUT2D eigenvalue weighted by molar-refractivity contribution is -0.155. The number of hydrogen-bond donors (Lipinski definition) is 1. The standard InChI is InChI=1S/C19H28N2O5/c1-12-6-2-5-9-15(12)20-16(22)11-26-17(23)10-21-18(24)13-7-3-4-8-14(13)19(21)25/h12-15H,2-11H2,1H3,(H,20,22)/t12-,13-,14+,15-/m0/s1. The zero-order valence-corrected chi connectivity index (χ0v) is 15.4. The molecule has 0 aromatic carbocycles. The van der Waals surface area contributed by atoms with Crippen molar-refractivity contribution in [3.8, 4) is 0 Å². The van der Waals surface area contributed by atoms with Gasteiger partial charge < -0.3 is 10.1 Å². The van der Waals surface area contributed by atoms with E-state index < -0.39 is 12.5 Å². The van der Waals surface area contributed by atoms with Gasteiger partial charge in [-0.2, -0.15) is 0 Å². The molecule has 2 aliphatic carbocycles. The van der Waals surface area contributed by atoms with Crippen molar-refractivity contribution in [1.29, 1.82) is 0 Å². The molecule has 7 heteroatoms. The van der Waals surface area contributed by atoms with Gasteiger partial charge in [-0.1, -0.05) is 32.6 Å². The van der Waals surface area contributed by atoms with Crippen molar-refractivity contribution in [1.82, 2.24) is 10.2 Å². The van der Waals surface area contributed by atoms with Crippen LogP contribution in [0.4, 0.5) is 0 Å². The molecule has 2 saturated carbocycles. The molecule has 0 aromatic heterocycles. The van der Waals surface area contributed by atoms with Crippen LogP contribution in [0.3, 0.4) is 0 Å². The molecule has 3 amide bonds. The summed E-state index contributed by atoms with van der Waals surface area (Å²) in [6.07, 6.45) is 7.62. The van der Waals surface area contributed by atoms with Gasteiger partial charge in [0.1, 0.15) is 6.54 Å². The van der Waals surface area contributed by atoms with Gasteiger partial charge in [-0.25, -0.2) is 0 Å². The van der Waals surface area contributed by atoms with Crippen LogP contribution in [0.2, 0.25) is 0 Å². The first-order chi connectivity index (χ1) is 12.5. The summed E-state index contributed by atoms with van der Waals surface area (Å²) in [4.78, 5) is 49.7. The number of amides is 3. The highest BCUT2D eigenvalue weighted by atomic mass is 16.5. The molecule has 0 unspecified atom stereocenters. The topological polar surface area (TPSA) is 92.8 Å². The van der Waals surface area contributed by atoms with Gasteiger partial charge in [-0.05, 0) is 31.6 Å². The van der Waals surface area contributed by atoms with Crippen molar-refractivity contribution < 1.29 is 23.9 Å². The molecule has 26 heavy (non-hydrogen) atoms. The second-order valence-electron chi connectivity index (χ2n) is 7.86. The van der Waals surface area contributed by atoms with Crippen LogP contribution in [0.15, 0.2) is 0 Å². The van der Waals surface area contributed by atoms with E-state index >= 15 is 0 Å². The van der Waals surface area contributed by atoms with E-state index in [0.717, 1.165) is 37.0 Å². The molecule has 1 saturated heterocycles. The minimum Gasteiger partial charge on any atom is -0.454 e. The van der Waals surface area contributed by atoms with Crippen LogP contribution in [0.25, 0.3) is 0 Å². The van der Waals surface area contributed by atoms with Crippen LogP contribution in [-0.4, -0.2) is 47.8 Å². The molecular formula is C19H28N2O5. The number of carbonyl (C=O) groups is 4. The van der Waals surface area contributed by atoms with Gasteiger partial charge in [0.25, 0.3) is 5.91 Å². The van der Waals surface area contributed by atoms with E-state index in [2.05, 4.69) is 12.2 Å². The number of nitrogens with zero attached hydrogens (tertiary/aromatic N) is 1. The van der Waals surface area contributed by atoms with Gasteiger partial charge in [-0.3, -0.25) is 24.1 Å². The van der Waals surface area contributed by atoms with Crippen LogP contribution in [0, 0.1) is 17.8 Å². The predicted molar refractivity (Wildman–Crippen MR) is 92.7 cm³/mol. The Morgan fingerprint density at radius 2 is 1.58 bits per heavy atom. The minimum absolute atomic E-state index is 0.125. The Kier molecular flexibility index (Phi) is 5.94. The molecule has 7 nitrogen and oxygen atoms in total. The Balaban J connectivity index is 1.44. The monoisotopic (exact) mass is 364 g/mol. The first-order valence-corrected chi connectivity index (χ1v) is 9.77. The molecule has 0 radical (unpaired) electrons. The Morgan fingerprint density at radius 3 is 2.19 bits per heavy atom. The lowest BCUT2D eigenvalue weighted by Crippen LogP contribution is -2.43. The molecule has 3 rings (SSSR count). The zero-order chi connectivity index (χ0) is 18.7. The van der Waals surface area contributed by atoms with Crippen molar-refractivity contribution in [3.63, 3.8) is 0 Å². The highest BCUT2D eigenvalue weighted by molar-refractivity contribution is 6.07. The Labute approximate surface area is 153 Å². The lowest BCUT2D eigenvalue weighted by atomic mass is 9.81. The average Bonchev–Trinajstić information content (AvgIpc) is 2.87. The molecule has 3 fully saturated rings. The number of nitrogens with one attached hydrogen (secondary N) is 1. The van der Waals surface area contributed by atoms with Crippen LogP contribution in [0.5, 0.6) is 0 Å². The second-order valence-corrected chi connectivity index (χ2v) is 7.86. The van der Waals surface area contributed by atoms with E-state index in [4.69, 9.17) is 4.74 Å². The van der Waals surface area contributed by atoms with Crippen LogP contribution in [-0.2, 0) is 23.9 Å². The fraction of sp³-hybridized carbons (Fsp3) is 0.789. The van der Waals surface area contributed by atoms with E-state index in [-0.39, 0.29) is 42.2 Å². The summed E-state index contributed by atoms with van der Waals surface area (Å²) in [5.41, 5.74) is 0. The maximum atomic E-state index is 12.3. The van der Waals surface area contributed by atoms with Crippen molar-refractivity contribution in [2.24, 2.45) is 17.8 Å². The van der Waals surface area contributed by atoms with E-state index in [9.17, 15) is 19.2 Å². The molecule has 1 heterocycles. The first-order valence-electron chi connectivity index (χ1n) is 9.77. The highest BCUT2D eigenvalue weighted by Gasteiger charge is 2.48. The lowest BCUT2D eigenvalue weighted by Gasteiger charge is -2.29. The van der Waals surface area contributed by atoms with E-state index in [1.54, 1.807) is 0 Å². The van der Waals surface area contributed by atoms with Crippen molar-refractivity contribution in [3.05, 3.63) is 0 Å². The van der Waals surface area contributed by atoms with E-state index in [1.165, 1.54) is 6.42 Å². The summed E-state index contributed by atoms with van der Waals surface area (Å²) >= 11 is 0. The molecule has 144 valence electrons. The van der Waals surface area contributed by atoms with Gasteiger partial charge in [0.2, 0.25) is 11.8 Å². The number of fused-ring (bicyclic) bond motifs is 1. The Bertz CT molecular complexity index is 566. The number of likely N-dealkylation sites (tertiary alicyclic amines) is 1. The maximum Gasteiger partial charge on any atom is 0.326 e. The summed E-state index contributed by atoms with van der Waals surface area (Å²) in [6.45, 7) is 1.35. The predicted octanol–water partition coefficient (Wildman–Crippen LogP) is 1.40. The number of ether oxygens (including phenoxy) is 1. The number of hydrogen-bond acceptors (Lipinski definition) is 5. The third kappa shape index (κ3) is 4.07. The summed E-state index contributed by atoms with van der Waals surface area (Å²) < 4.78 is 5.00. The summed E-state index contributed by atoms with van der Waals surface area (Å²) in [5.74, 6) is -1.71. The fourth-order valence-corrected chi connectivity index (χ4v) is 4.49. The maximum absolute atomic E-state index is 12.3. The quantitative estimate of drug-likeness (QED) is 0.588. The van der Waals surface area contributed by atoms with Gasteiger partial charge in [-0.15, -0.1) is 0 Å². The SMILES string of the molecule is C[C@H]1CCCC[C@@H]1NC(=O)COC(=O)CN1C(=O)[C@H]2CCCC[C@H]2C1=O. The number of carbonyl (C=O) groups excluding carboxylic acids is 4. The fourth-order valence-electron chi connectivity index (χ4n) is 4.49. The number of imide groups is 1. The van der Waals surface area contributed by atoms with Crippen molar-refractivity contribution >= 4 is 23.7 Å². The molecule has 0 spiro atoms. The second kappa shape index (κ2) is 8.18. The van der Waals surface area contributed by atoms with Gasteiger partial charge >= 0.3 is 5.97 Å². The molecular weight excluding hydrogens is 336 g/mol. The Morgan fingerprint density at radius 1 is 1.00 bits per heavy atom. The molecule has 4 atom stereocenters. The average molecular weight is 364 g/mol. The van der Waals surface area contributed by atoms with Crippen LogP contribution in [0.1, 0.15) is 58.3 Å². The number of rotatable bonds is 5. The van der Waals surface area contributed by atoms with Crippen molar-refractivity contribution in [2.45, 2.75) is 64.3 Å². The first kappa shape index (κ1) is 18.9. The minimum atomic E-state index is -0.711. The summed E-state index contributed by atoms with van der Waals surface area (Å²) in [7, 11) is 0. The molecule has 1 aliphatic heterocycles. The summed E-state index contributed by atoms with van der Waals surface area (Å²) in [6, 6.07) is 0.125. The summed E-state index contributed by atoms with van der Waals surface area (Å²) in [5, 5.41) is 2.91. The molecule has 3 aliphatic rings. The normalized spacial score (nSPS) is 31.5. The molecule has 0 bridgehead atoms.